The number of aliphatic imine (C=N–C) groups is 1. The Labute approximate surface area is 61.5 Å². The molecule has 0 bridgehead atoms. The molecule has 1 heterocycles. The summed E-state index contributed by atoms with van der Waals surface area (Å²) in [5, 5.41) is 3.17. The van der Waals surface area contributed by atoms with Crippen molar-refractivity contribution in [1.29, 1.82) is 0 Å². The molecule has 0 aromatic heterocycles. The van der Waals surface area contributed by atoms with Crippen molar-refractivity contribution in [2.75, 3.05) is 13.2 Å². The zero-order valence-electron chi connectivity index (χ0n) is 6.55. The summed E-state index contributed by atoms with van der Waals surface area (Å²) >= 11 is 0. The average molecular weight is 142 g/mol. The normalized spacial score (nSPS) is 28.2. The van der Waals surface area contributed by atoms with E-state index in [1.54, 1.807) is 0 Å². The van der Waals surface area contributed by atoms with Gasteiger partial charge in [-0.1, -0.05) is 6.92 Å². The molecule has 0 radical (unpaired) electrons. The van der Waals surface area contributed by atoms with Crippen LogP contribution in [-0.2, 0) is 4.74 Å². The van der Waals surface area contributed by atoms with Gasteiger partial charge in [-0.3, -0.25) is 0 Å². The molecule has 0 amide bonds. The van der Waals surface area contributed by atoms with Crippen LogP contribution in [0.4, 0.5) is 0 Å². The van der Waals surface area contributed by atoms with Crippen molar-refractivity contribution in [3.63, 3.8) is 0 Å². The number of amidine groups is 1. The molecule has 10 heavy (non-hydrogen) atoms. The molecular weight excluding hydrogens is 128 g/mol. The number of hydrogen-bond acceptors (Lipinski definition) is 2. The Kier molecular flexibility index (Phi) is 2.54. The molecule has 1 unspecified atom stereocenters. The maximum atomic E-state index is 5.24. The molecule has 58 valence electrons. The van der Waals surface area contributed by atoms with Crippen molar-refractivity contribution in [3.05, 3.63) is 0 Å². The summed E-state index contributed by atoms with van der Waals surface area (Å²) in [6.45, 7) is 5.70. The van der Waals surface area contributed by atoms with Crippen LogP contribution in [0, 0.1) is 0 Å². The first-order valence-corrected chi connectivity index (χ1v) is 3.80. The van der Waals surface area contributed by atoms with Gasteiger partial charge in [-0.2, -0.15) is 0 Å². The number of rotatable bonds is 2. The second kappa shape index (κ2) is 3.44. The highest BCUT2D eigenvalue weighted by Crippen LogP contribution is 2.00. The second-order valence-electron chi connectivity index (χ2n) is 2.34. The quantitative estimate of drug-likeness (QED) is 0.617. The second-order valence-corrected chi connectivity index (χ2v) is 2.34. The lowest BCUT2D eigenvalue weighted by atomic mass is 10.3. The van der Waals surface area contributed by atoms with Gasteiger partial charge in [-0.05, 0) is 13.3 Å². The van der Waals surface area contributed by atoms with Crippen molar-refractivity contribution in [3.8, 4) is 0 Å². The Hall–Kier alpha value is -0.730. The SMILES string of the molecule is CCN=C1NC(CC)CO1. The largest absolute Gasteiger partial charge is 0.463 e. The van der Waals surface area contributed by atoms with Crippen molar-refractivity contribution < 1.29 is 4.74 Å². The molecule has 3 nitrogen and oxygen atoms in total. The van der Waals surface area contributed by atoms with Gasteiger partial charge in [0.15, 0.2) is 0 Å². The molecule has 1 N–H and O–H groups in total. The number of nitrogens with zero attached hydrogens (tertiary/aromatic N) is 1. The maximum Gasteiger partial charge on any atom is 0.284 e. The Morgan fingerprint density at radius 2 is 2.50 bits per heavy atom. The first-order valence-electron chi connectivity index (χ1n) is 3.80. The highest BCUT2D eigenvalue weighted by atomic mass is 16.5. The van der Waals surface area contributed by atoms with Gasteiger partial charge in [0.05, 0.1) is 6.04 Å². The third-order valence-electron chi connectivity index (χ3n) is 1.54. The summed E-state index contributed by atoms with van der Waals surface area (Å²) in [6, 6.07) is 1.19. The van der Waals surface area contributed by atoms with Gasteiger partial charge in [0.1, 0.15) is 6.61 Å². The molecule has 1 saturated heterocycles. The molecule has 3 heteroatoms. The molecule has 0 saturated carbocycles. The van der Waals surface area contributed by atoms with Crippen LogP contribution < -0.4 is 5.32 Å². The summed E-state index contributed by atoms with van der Waals surface area (Å²) < 4.78 is 5.24. The lowest BCUT2D eigenvalue weighted by Gasteiger charge is -2.00. The predicted molar refractivity (Wildman–Crippen MR) is 41.1 cm³/mol. The number of hydrogen-bond donors (Lipinski definition) is 1. The minimum Gasteiger partial charge on any atom is -0.463 e. The van der Waals surface area contributed by atoms with Crippen LogP contribution in [0.1, 0.15) is 20.3 Å². The Balaban J connectivity index is 2.35. The summed E-state index contributed by atoms with van der Waals surface area (Å²) in [7, 11) is 0. The predicted octanol–water partition coefficient (Wildman–Crippen LogP) is 0.761. The highest BCUT2D eigenvalue weighted by Gasteiger charge is 2.17. The topological polar surface area (TPSA) is 33.6 Å². The molecule has 1 atom stereocenters. The third kappa shape index (κ3) is 1.62. The van der Waals surface area contributed by atoms with Gasteiger partial charge in [-0.15, -0.1) is 0 Å². The Bertz CT molecular complexity index is 134. The van der Waals surface area contributed by atoms with Crippen LogP contribution >= 0.6 is 0 Å². The van der Waals surface area contributed by atoms with E-state index < -0.39 is 0 Å². The molecule has 1 rings (SSSR count). The molecule has 0 aliphatic carbocycles. The lowest BCUT2D eigenvalue weighted by molar-refractivity contribution is 0.322. The zero-order chi connectivity index (χ0) is 7.40. The molecule has 1 aliphatic heterocycles. The van der Waals surface area contributed by atoms with Crippen molar-refractivity contribution in [2.24, 2.45) is 4.99 Å². The van der Waals surface area contributed by atoms with Gasteiger partial charge in [0, 0.05) is 6.54 Å². The molecule has 1 fully saturated rings. The Morgan fingerprint density at radius 3 is 3.00 bits per heavy atom. The van der Waals surface area contributed by atoms with Crippen molar-refractivity contribution in [1.82, 2.24) is 5.32 Å². The summed E-state index contributed by atoms with van der Waals surface area (Å²) in [5.74, 6) is 0. The smallest absolute Gasteiger partial charge is 0.284 e. The van der Waals surface area contributed by atoms with Crippen LogP contribution in [0.2, 0.25) is 0 Å². The van der Waals surface area contributed by atoms with Crippen LogP contribution in [-0.4, -0.2) is 25.2 Å². The van der Waals surface area contributed by atoms with Crippen LogP contribution in [0.15, 0.2) is 4.99 Å². The third-order valence-corrected chi connectivity index (χ3v) is 1.54. The van der Waals surface area contributed by atoms with Crippen LogP contribution in [0.5, 0.6) is 0 Å². The summed E-state index contributed by atoms with van der Waals surface area (Å²) in [6.07, 6.45) is 1.10. The first-order chi connectivity index (χ1) is 4.86. The highest BCUT2D eigenvalue weighted by molar-refractivity contribution is 5.75. The van der Waals surface area contributed by atoms with E-state index in [2.05, 4.69) is 17.2 Å². The minimum absolute atomic E-state index is 0.477. The van der Waals surface area contributed by atoms with Crippen LogP contribution in [0.3, 0.4) is 0 Å². The minimum atomic E-state index is 0.477. The monoisotopic (exact) mass is 142 g/mol. The number of nitrogens with one attached hydrogen (secondary N) is 1. The van der Waals surface area contributed by atoms with E-state index in [-0.39, 0.29) is 0 Å². The molecular formula is C7H14N2O. The first kappa shape index (κ1) is 7.38. The van der Waals surface area contributed by atoms with Crippen molar-refractivity contribution in [2.45, 2.75) is 26.3 Å². The molecule has 1 aliphatic rings. The summed E-state index contributed by atoms with van der Waals surface area (Å²) in [5.41, 5.74) is 0. The van der Waals surface area contributed by atoms with Gasteiger partial charge >= 0.3 is 0 Å². The maximum absolute atomic E-state index is 5.24. The van der Waals surface area contributed by atoms with E-state index in [1.165, 1.54) is 0 Å². The fourth-order valence-corrected chi connectivity index (χ4v) is 0.892. The van der Waals surface area contributed by atoms with E-state index in [4.69, 9.17) is 4.74 Å². The average Bonchev–Trinajstić information content (AvgIpc) is 2.37. The zero-order valence-corrected chi connectivity index (χ0v) is 6.55. The van der Waals surface area contributed by atoms with E-state index in [0.29, 0.717) is 12.1 Å². The van der Waals surface area contributed by atoms with E-state index >= 15 is 0 Å². The standard InChI is InChI=1S/C7H14N2O/c1-3-6-5-10-7(9-6)8-4-2/h6H,3-5H2,1-2H3,(H,8,9). The fraction of sp³-hybridized carbons (Fsp3) is 0.857. The lowest BCUT2D eigenvalue weighted by Crippen LogP contribution is -2.26. The van der Waals surface area contributed by atoms with Gasteiger partial charge in [-0.25, -0.2) is 4.99 Å². The van der Waals surface area contributed by atoms with E-state index in [1.807, 2.05) is 6.92 Å². The van der Waals surface area contributed by atoms with E-state index in [9.17, 15) is 0 Å². The van der Waals surface area contributed by atoms with E-state index in [0.717, 1.165) is 19.6 Å². The Morgan fingerprint density at radius 1 is 1.70 bits per heavy atom. The number of ether oxygens (including phenoxy) is 1. The van der Waals surface area contributed by atoms with Gasteiger partial charge in [0.25, 0.3) is 6.02 Å². The molecule has 0 aromatic rings. The fourth-order valence-electron chi connectivity index (χ4n) is 0.892. The van der Waals surface area contributed by atoms with Gasteiger partial charge < -0.3 is 10.1 Å². The van der Waals surface area contributed by atoms with Crippen LogP contribution in [0.25, 0.3) is 0 Å². The summed E-state index contributed by atoms with van der Waals surface area (Å²) in [4.78, 5) is 4.11. The van der Waals surface area contributed by atoms with Gasteiger partial charge in [0.2, 0.25) is 0 Å². The molecule has 0 aromatic carbocycles. The van der Waals surface area contributed by atoms with Crippen molar-refractivity contribution >= 4 is 6.02 Å². The molecule has 0 spiro atoms.